The molecule has 184 valence electrons. The Balaban J connectivity index is 1.39. The molecule has 0 aliphatic rings. The van der Waals surface area contributed by atoms with Gasteiger partial charge in [0.25, 0.3) is 0 Å². The van der Waals surface area contributed by atoms with Gasteiger partial charge < -0.3 is 23.7 Å². The molecule has 0 saturated heterocycles. The molecule has 0 heterocycles. The summed E-state index contributed by atoms with van der Waals surface area (Å²) in [6.07, 6.45) is 1.03. The van der Waals surface area contributed by atoms with E-state index < -0.39 is 11.8 Å². The van der Waals surface area contributed by atoms with Gasteiger partial charge in [-0.05, 0) is 58.8 Å². The molecule has 0 amide bonds. The third-order valence-electron chi connectivity index (χ3n) is 5.42. The number of hydrogen-bond donors (Lipinski definition) is 0. The van der Waals surface area contributed by atoms with Crippen LogP contribution < -0.4 is 23.7 Å². The van der Waals surface area contributed by atoms with Crippen LogP contribution in [0.5, 0.6) is 28.7 Å². The van der Waals surface area contributed by atoms with Gasteiger partial charge in [0.1, 0.15) is 36.3 Å². The van der Waals surface area contributed by atoms with Crippen LogP contribution in [0.1, 0.15) is 0 Å². The molecule has 0 N–H and O–H groups in total. The molecule has 0 atom stereocenters. The van der Waals surface area contributed by atoms with Crippen LogP contribution in [0.15, 0.2) is 85.5 Å². The Kier molecular flexibility index (Phi) is 7.70. The van der Waals surface area contributed by atoms with Crippen molar-refractivity contribution in [2.45, 2.75) is 0 Å². The highest BCUT2D eigenvalue weighted by molar-refractivity contribution is 5.88. The number of methoxy groups -OCH3 is 2. The summed E-state index contributed by atoms with van der Waals surface area (Å²) in [4.78, 5) is 11.3. The van der Waals surface area contributed by atoms with E-state index in [9.17, 15) is 9.18 Å². The van der Waals surface area contributed by atoms with Crippen LogP contribution in [-0.2, 0) is 4.79 Å². The summed E-state index contributed by atoms with van der Waals surface area (Å²) in [6.45, 7) is 4.04. The van der Waals surface area contributed by atoms with Gasteiger partial charge in [0.05, 0.1) is 14.2 Å². The number of ether oxygens (including phenoxy) is 5. The standard InChI is InChI=1S/C29H25FO6/c1-4-29(31)36-24-9-11-25(26(30)17-24)21-6-5-20-16-22(8-7-19(20)15-21)34-13-14-35-23-10-12-27(32-2)28(18-23)33-3/h4-12,15-18H,1,13-14H2,2-3H3. The number of halogens is 1. The maximum atomic E-state index is 14.7. The minimum atomic E-state index is -0.640. The minimum absolute atomic E-state index is 0.124. The number of rotatable bonds is 10. The number of hydrogen-bond acceptors (Lipinski definition) is 6. The molecule has 0 saturated carbocycles. The summed E-state index contributed by atoms with van der Waals surface area (Å²) in [5.41, 5.74) is 1.11. The number of carbonyl (C=O) groups excluding carboxylic acids is 1. The molecule has 0 aliphatic heterocycles. The Labute approximate surface area is 208 Å². The van der Waals surface area contributed by atoms with Crippen LogP contribution in [0.3, 0.4) is 0 Å². The average molecular weight is 489 g/mol. The van der Waals surface area contributed by atoms with E-state index in [1.807, 2.05) is 36.4 Å². The molecule has 6 nitrogen and oxygen atoms in total. The second-order valence-corrected chi connectivity index (χ2v) is 7.70. The predicted octanol–water partition coefficient (Wildman–Crippen LogP) is 6.21. The molecule has 0 aromatic heterocycles. The van der Waals surface area contributed by atoms with Crippen LogP contribution in [0.4, 0.5) is 4.39 Å². The van der Waals surface area contributed by atoms with Gasteiger partial charge in [-0.3, -0.25) is 0 Å². The van der Waals surface area contributed by atoms with Gasteiger partial charge >= 0.3 is 5.97 Å². The van der Waals surface area contributed by atoms with E-state index in [1.165, 1.54) is 6.07 Å². The minimum Gasteiger partial charge on any atom is -0.493 e. The highest BCUT2D eigenvalue weighted by atomic mass is 19.1. The fourth-order valence-electron chi connectivity index (χ4n) is 3.66. The molecule has 0 fully saturated rings. The van der Waals surface area contributed by atoms with Crippen LogP contribution in [0.25, 0.3) is 21.9 Å². The van der Waals surface area contributed by atoms with E-state index in [1.54, 1.807) is 44.6 Å². The van der Waals surface area contributed by atoms with Gasteiger partial charge in [0.15, 0.2) is 11.5 Å². The molecule has 0 radical (unpaired) electrons. The quantitative estimate of drug-likeness (QED) is 0.114. The highest BCUT2D eigenvalue weighted by Crippen LogP contribution is 2.32. The summed E-state index contributed by atoms with van der Waals surface area (Å²) in [6, 6.07) is 21.0. The SMILES string of the molecule is C=CC(=O)Oc1ccc(-c2ccc3cc(OCCOc4ccc(OC)c(OC)c4)ccc3c2)c(F)c1. The molecular formula is C29H25FO6. The first kappa shape index (κ1) is 24.6. The van der Waals surface area contributed by atoms with Gasteiger partial charge in [-0.2, -0.15) is 0 Å². The Morgan fingerprint density at radius 2 is 1.42 bits per heavy atom. The van der Waals surface area contributed by atoms with E-state index in [0.29, 0.717) is 47.3 Å². The summed E-state index contributed by atoms with van der Waals surface area (Å²) >= 11 is 0. The fraction of sp³-hybridized carbons (Fsp3) is 0.138. The third kappa shape index (κ3) is 5.75. The first-order valence-corrected chi connectivity index (χ1v) is 11.2. The van der Waals surface area contributed by atoms with Crippen molar-refractivity contribution in [1.82, 2.24) is 0 Å². The van der Waals surface area contributed by atoms with Crippen molar-refractivity contribution in [2.75, 3.05) is 27.4 Å². The lowest BCUT2D eigenvalue weighted by Crippen LogP contribution is -2.09. The molecule has 4 aromatic rings. The van der Waals surface area contributed by atoms with Gasteiger partial charge in [-0.1, -0.05) is 24.8 Å². The summed E-state index contributed by atoms with van der Waals surface area (Å²) in [5, 5.41) is 1.89. The Morgan fingerprint density at radius 1 is 0.778 bits per heavy atom. The molecule has 7 heteroatoms. The zero-order valence-corrected chi connectivity index (χ0v) is 20.0. The number of benzene rings is 4. The van der Waals surface area contributed by atoms with Gasteiger partial charge in [-0.15, -0.1) is 0 Å². The summed E-state index contributed by atoms with van der Waals surface area (Å²) in [7, 11) is 3.15. The van der Waals surface area contributed by atoms with E-state index in [2.05, 4.69) is 6.58 Å². The van der Waals surface area contributed by atoms with E-state index >= 15 is 0 Å². The number of carbonyl (C=O) groups is 1. The van der Waals surface area contributed by atoms with E-state index in [4.69, 9.17) is 23.7 Å². The first-order chi connectivity index (χ1) is 17.5. The smallest absolute Gasteiger partial charge is 0.335 e. The molecule has 36 heavy (non-hydrogen) atoms. The largest absolute Gasteiger partial charge is 0.493 e. The van der Waals surface area contributed by atoms with Crippen molar-refractivity contribution >= 4 is 16.7 Å². The van der Waals surface area contributed by atoms with E-state index in [-0.39, 0.29) is 5.75 Å². The molecule has 0 aliphatic carbocycles. The Bertz CT molecular complexity index is 1400. The second kappa shape index (κ2) is 11.3. The van der Waals surface area contributed by atoms with Gasteiger partial charge in [-0.25, -0.2) is 9.18 Å². The molecule has 0 spiro atoms. The zero-order valence-electron chi connectivity index (χ0n) is 20.0. The third-order valence-corrected chi connectivity index (χ3v) is 5.42. The van der Waals surface area contributed by atoms with Crippen molar-refractivity contribution in [2.24, 2.45) is 0 Å². The van der Waals surface area contributed by atoms with Crippen LogP contribution in [0.2, 0.25) is 0 Å². The highest BCUT2D eigenvalue weighted by Gasteiger charge is 2.10. The maximum Gasteiger partial charge on any atom is 0.335 e. The van der Waals surface area contributed by atoms with E-state index in [0.717, 1.165) is 16.8 Å². The zero-order chi connectivity index (χ0) is 25.5. The second-order valence-electron chi connectivity index (χ2n) is 7.70. The summed E-state index contributed by atoms with van der Waals surface area (Å²) in [5.74, 6) is 1.58. The molecular weight excluding hydrogens is 463 g/mol. The molecule has 0 unspecified atom stereocenters. The van der Waals surface area contributed by atoms with Crippen molar-refractivity contribution < 1.29 is 32.9 Å². The predicted molar refractivity (Wildman–Crippen MR) is 136 cm³/mol. The lowest BCUT2D eigenvalue weighted by molar-refractivity contribution is -0.128. The van der Waals surface area contributed by atoms with Crippen molar-refractivity contribution in [3.63, 3.8) is 0 Å². The number of esters is 1. The lowest BCUT2D eigenvalue weighted by Gasteiger charge is -2.12. The Hall–Kier alpha value is -4.52. The monoisotopic (exact) mass is 488 g/mol. The van der Waals surface area contributed by atoms with Crippen LogP contribution in [-0.4, -0.2) is 33.4 Å². The van der Waals surface area contributed by atoms with Gasteiger partial charge in [0.2, 0.25) is 0 Å². The fourth-order valence-corrected chi connectivity index (χ4v) is 3.66. The van der Waals surface area contributed by atoms with Crippen molar-refractivity contribution in [1.29, 1.82) is 0 Å². The van der Waals surface area contributed by atoms with Crippen molar-refractivity contribution in [3.8, 4) is 39.9 Å². The Morgan fingerprint density at radius 3 is 2.11 bits per heavy atom. The van der Waals surface area contributed by atoms with Gasteiger partial charge in [0, 0.05) is 23.8 Å². The summed E-state index contributed by atoms with van der Waals surface area (Å²) < 4.78 is 41.7. The lowest BCUT2D eigenvalue weighted by atomic mass is 10.0. The van der Waals surface area contributed by atoms with Crippen LogP contribution in [0, 0.1) is 5.82 Å². The van der Waals surface area contributed by atoms with Crippen LogP contribution >= 0.6 is 0 Å². The topological polar surface area (TPSA) is 63.2 Å². The normalized spacial score (nSPS) is 10.5. The first-order valence-electron chi connectivity index (χ1n) is 11.2. The molecule has 4 rings (SSSR count). The average Bonchev–Trinajstić information content (AvgIpc) is 2.90. The molecule has 4 aromatic carbocycles. The maximum absolute atomic E-state index is 14.7. The van der Waals surface area contributed by atoms with Crippen molar-refractivity contribution in [3.05, 3.63) is 91.3 Å². The number of fused-ring (bicyclic) bond motifs is 1. The molecule has 0 bridgehead atoms.